The van der Waals surface area contributed by atoms with Crippen molar-refractivity contribution in [2.24, 2.45) is 5.92 Å². The fraction of sp³-hybridized carbons (Fsp3) is 0.481. The third-order valence-corrected chi connectivity index (χ3v) is 5.71. The summed E-state index contributed by atoms with van der Waals surface area (Å²) in [6.45, 7) is 6.65. The van der Waals surface area contributed by atoms with Crippen molar-refractivity contribution in [2.45, 2.75) is 39.0 Å². The molecule has 1 aliphatic heterocycles. The Kier molecular flexibility index (Phi) is 12.7. The Labute approximate surface area is 230 Å². The second kappa shape index (κ2) is 15.7. The zero-order valence-corrected chi connectivity index (χ0v) is 22.6. The van der Waals surface area contributed by atoms with Crippen molar-refractivity contribution in [3.8, 4) is 17.0 Å². The number of methoxy groups -OCH3 is 1. The van der Waals surface area contributed by atoms with Crippen LogP contribution in [0, 0.1) is 5.92 Å². The minimum absolute atomic E-state index is 0.0995. The predicted molar refractivity (Wildman–Crippen MR) is 139 cm³/mol. The van der Waals surface area contributed by atoms with E-state index in [4.69, 9.17) is 24.1 Å². The average molecular weight is 570 g/mol. The number of carbonyl (C=O) groups excluding carboxylic acids is 2. The summed E-state index contributed by atoms with van der Waals surface area (Å²) in [6.07, 6.45) is -1.91. The Morgan fingerprint density at radius 1 is 1.10 bits per heavy atom. The highest BCUT2D eigenvalue weighted by Gasteiger charge is 2.38. The van der Waals surface area contributed by atoms with Crippen molar-refractivity contribution in [1.29, 1.82) is 0 Å². The molecular weight excluding hydrogens is 535 g/mol. The summed E-state index contributed by atoms with van der Waals surface area (Å²) in [5.41, 5.74) is 2.33. The highest BCUT2D eigenvalue weighted by atomic mass is 19.4. The number of benzene rings is 1. The van der Waals surface area contributed by atoms with Gasteiger partial charge >= 0.3 is 18.2 Å². The molecule has 3 rings (SSSR count). The maximum Gasteiger partial charge on any atom is 0.490 e. The number of hydrogen-bond acceptors (Lipinski definition) is 7. The van der Waals surface area contributed by atoms with Gasteiger partial charge in [-0.3, -0.25) is 9.78 Å². The van der Waals surface area contributed by atoms with Crippen LogP contribution in [0.2, 0.25) is 0 Å². The van der Waals surface area contributed by atoms with Gasteiger partial charge in [-0.05, 0) is 56.9 Å². The van der Waals surface area contributed by atoms with Gasteiger partial charge in [-0.1, -0.05) is 12.1 Å². The monoisotopic (exact) mass is 569 g/mol. The number of alkyl halides is 3. The smallest absolute Gasteiger partial charge is 0.490 e. The molecule has 1 aromatic heterocycles. The molecule has 0 spiro atoms. The molecule has 13 heteroatoms. The fourth-order valence-electron chi connectivity index (χ4n) is 3.57. The molecule has 40 heavy (non-hydrogen) atoms. The van der Waals surface area contributed by atoms with Gasteiger partial charge in [0.1, 0.15) is 5.75 Å². The summed E-state index contributed by atoms with van der Waals surface area (Å²) < 4.78 is 47.9. The Hall–Kier alpha value is -3.87. The van der Waals surface area contributed by atoms with Crippen molar-refractivity contribution in [1.82, 2.24) is 15.2 Å². The lowest BCUT2D eigenvalue weighted by molar-refractivity contribution is -0.192. The molecule has 0 aliphatic carbocycles. The molecule has 2 N–H and O–H groups in total. The van der Waals surface area contributed by atoms with Gasteiger partial charge in [-0.15, -0.1) is 0 Å². The van der Waals surface area contributed by atoms with Crippen molar-refractivity contribution in [3.63, 3.8) is 0 Å². The van der Waals surface area contributed by atoms with Crippen LogP contribution in [0.25, 0.3) is 11.3 Å². The van der Waals surface area contributed by atoms with E-state index in [0.717, 1.165) is 29.8 Å². The number of carbonyl (C=O) groups is 3. The molecule has 0 saturated carbocycles. The molecule has 2 amide bonds. The van der Waals surface area contributed by atoms with Crippen molar-refractivity contribution < 1.29 is 46.9 Å². The summed E-state index contributed by atoms with van der Waals surface area (Å²) in [6, 6.07) is 11.1. The van der Waals surface area contributed by atoms with Gasteiger partial charge < -0.3 is 29.5 Å². The van der Waals surface area contributed by atoms with Gasteiger partial charge in [0.2, 0.25) is 0 Å². The SMILES string of the molecule is COCCNC(=O)c1ccc(-c2ccc(OCC3CCN(C(=O)OC(C)C)CC3)cn2)cc1.O=C(O)C(F)(F)F. The van der Waals surface area contributed by atoms with Crippen LogP contribution in [0.3, 0.4) is 0 Å². The van der Waals surface area contributed by atoms with Gasteiger partial charge in [0, 0.05) is 37.9 Å². The number of pyridine rings is 1. The fourth-order valence-corrected chi connectivity index (χ4v) is 3.57. The number of nitrogens with zero attached hydrogens (tertiary/aromatic N) is 2. The zero-order chi connectivity index (χ0) is 29.7. The minimum Gasteiger partial charge on any atom is -0.492 e. The van der Waals surface area contributed by atoms with E-state index >= 15 is 0 Å². The third-order valence-electron chi connectivity index (χ3n) is 5.71. The first-order valence-corrected chi connectivity index (χ1v) is 12.6. The third kappa shape index (κ3) is 11.1. The first-order valence-electron chi connectivity index (χ1n) is 12.6. The maximum atomic E-state index is 12.1. The normalized spacial score (nSPS) is 13.7. The molecule has 220 valence electrons. The van der Waals surface area contributed by atoms with Crippen LogP contribution in [0.5, 0.6) is 5.75 Å². The van der Waals surface area contributed by atoms with Crippen LogP contribution in [-0.4, -0.2) is 85.2 Å². The van der Waals surface area contributed by atoms with Crippen LogP contribution in [0.1, 0.15) is 37.0 Å². The second-order valence-electron chi connectivity index (χ2n) is 9.18. The van der Waals surface area contributed by atoms with Gasteiger partial charge in [-0.2, -0.15) is 13.2 Å². The van der Waals surface area contributed by atoms with E-state index in [1.54, 1.807) is 30.3 Å². The van der Waals surface area contributed by atoms with E-state index in [0.29, 0.717) is 44.3 Å². The Morgan fingerprint density at radius 3 is 2.23 bits per heavy atom. The Morgan fingerprint density at radius 2 is 1.73 bits per heavy atom. The molecule has 1 fully saturated rings. The first kappa shape index (κ1) is 32.3. The number of likely N-dealkylation sites (tertiary alicyclic amines) is 1. The lowest BCUT2D eigenvalue weighted by Crippen LogP contribution is -2.40. The highest BCUT2D eigenvalue weighted by Crippen LogP contribution is 2.23. The number of carboxylic acids is 1. The lowest BCUT2D eigenvalue weighted by Gasteiger charge is -2.31. The number of halogens is 3. The molecule has 1 aliphatic rings. The molecule has 0 radical (unpaired) electrons. The number of nitrogens with one attached hydrogen (secondary N) is 1. The van der Waals surface area contributed by atoms with E-state index in [-0.39, 0.29) is 18.1 Å². The van der Waals surface area contributed by atoms with E-state index in [1.807, 2.05) is 38.1 Å². The Bertz CT molecular complexity index is 1090. The van der Waals surface area contributed by atoms with E-state index < -0.39 is 12.1 Å². The molecule has 0 bridgehead atoms. The van der Waals surface area contributed by atoms with Crippen molar-refractivity contribution in [2.75, 3.05) is 40.0 Å². The minimum atomic E-state index is -5.08. The van der Waals surface area contributed by atoms with Crippen molar-refractivity contribution >= 4 is 18.0 Å². The summed E-state index contributed by atoms with van der Waals surface area (Å²) in [5, 5.41) is 9.93. The lowest BCUT2D eigenvalue weighted by atomic mass is 9.98. The van der Waals surface area contributed by atoms with Crippen LogP contribution in [0.4, 0.5) is 18.0 Å². The molecular formula is C27H34F3N3O7. The van der Waals surface area contributed by atoms with Crippen LogP contribution in [-0.2, 0) is 14.3 Å². The standard InChI is InChI=1S/C25H33N3O5.C2HF3O2/c1-18(2)33-25(30)28-13-10-19(11-14-28)17-32-22-8-9-23(27-16-22)20-4-6-21(7-5-20)24(29)26-12-15-31-3;3-2(4,5)1(6)7/h4-9,16,18-19H,10-15,17H2,1-3H3,(H,26,29);(H,6,7). The average Bonchev–Trinajstić information content (AvgIpc) is 2.92. The summed E-state index contributed by atoms with van der Waals surface area (Å²) in [4.78, 5) is 39.2. The molecule has 10 nitrogen and oxygen atoms in total. The number of carboxylic acid groups (broad SMARTS) is 1. The predicted octanol–water partition coefficient (Wildman–Crippen LogP) is 4.39. The van der Waals surface area contributed by atoms with E-state index in [9.17, 15) is 22.8 Å². The number of amides is 2. The zero-order valence-electron chi connectivity index (χ0n) is 22.6. The Balaban J connectivity index is 0.000000708. The summed E-state index contributed by atoms with van der Waals surface area (Å²) in [5.74, 6) is -1.77. The molecule has 2 heterocycles. The van der Waals surface area contributed by atoms with E-state index in [2.05, 4.69) is 10.3 Å². The second-order valence-corrected chi connectivity index (χ2v) is 9.18. The molecule has 1 saturated heterocycles. The van der Waals surface area contributed by atoms with Gasteiger partial charge in [0.15, 0.2) is 0 Å². The number of aromatic nitrogens is 1. The van der Waals surface area contributed by atoms with Crippen molar-refractivity contribution in [3.05, 3.63) is 48.2 Å². The first-order chi connectivity index (χ1) is 18.9. The maximum absolute atomic E-state index is 12.1. The summed E-state index contributed by atoms with van der Waals surface area (Å²) >= 11 is 0. The largest absolute Gasteiger partial charge is 0.492 e. The van der Waals surface area contributed by atoms with Crippen LogP contribution in [0.15, 0.2) is 42.6 Å². The number of hydrogen-bond donors (Lipinski definition) is 2. The number of ether oxygens (including phenoxy) is 3. The molecule has 0 atom stereocenters. The van der Waals surface area contributed by atoms with Gasteiger partial charge in [0.05, 0.1) is 31.2 Å². The molecule has 2 aromatic rings. The van der Waals surface area contributed by atoms with E-state index in [1.165, 1.54) is 0 Å². The topological polar surface area (TPSA) is 127 Å². The van der Waals surface area contributed by atoms with Gasteiger partial charge in [0.25, 0.3) is 5.91 Å². The van der Waals surface area contributed by atoms with Crippen LogP contribution >= 0.6 is 0 Å². The van der Waals surface area contributed by atoms with Crippen LogP contribution < -0.4 is 10.1 Å². The number of aliphatic carboxylic acids is 1. The quantitative estimate of drug-likeness (QED) is 0.426. The molecule has 0 unspecified atom stereocenters. The number of rotatable bonds is 9. The summed E-state index contributed by atoms with van der Waals surface area (Å²) in [7, 11) is 1.60. The number of piperidine rings is 1. The molecule has 1 aromatic carbocycles. The highest BCUT2D eigenvalue weighted by molar-refractivity contribution is 5.94. The van der Waals surface area contributed by atoms with Gasteiger partial charge in [-0.25, -0.2) is 9.59 Å².